The van der Waals surface area contributed by atoms with Crippen molar-refractivity contribution in [1.29, 1.82) is 0 Å². The minimum atomic E-state index is 0.676. The van der Waals surface area contributed by atoms with Gasteiger partial charge in [-0.2, -0.15) is 0 Å². The lowest BCUT2D eigenvalue weighted by molar-refractivity contribution is 0.453. The summed E-state index contributed by atoms with van der Waals surface area (Å²) in [5, 5.41) is 3.68. The van der Waals surface area contributed by atoms with E-state index in [1.807, 2.05) is 0 Å². The number of aryl methyl sites for hydroxylation is 2. The number of hydrogen-bond acceptors (Lipinski definition) is 1. The van der Waals surface area contributed by atoms with Crippen LogP contribution in [-0.2, 0) is 6.42 Å². The maximum atomic E-state index is 3.68. The summed E-state index contributed by atoms with van der Waals surface area (Å²) in [7, 11) is 0. The Morgan fingerprint density at radius 1 is 1.29 bits per heavy atom. The number of rotatable bonds is 5. The van der Waals surface area contributed by atoms with Crippen LogP contribution in [0.1, 0.15) is 37.0 Å². The van der Waals surface area contributed by atoms with E-state index in [0.29, 0.717) is 6.04 Å². The van der Waals surface area contributed by atoms with Gasteiger partial charge in [0.05, 0.1) is 0 Å². The van der Waals surface area contributed by atoms with Crippen LogP contribution >= 0.6 is 0 Å². The third-order valence-electron chi connectivity index (χ3n) is 4.22. The predicted octanol–water partition coefficient (Wildman–Crippen LogP) is 3.48. The van der Waals surface area contributed by atoms with E-state index in [-0.39, 0.29) is 0 Å². The van der Waals surface area contributed by atoms with Gasteiger partial charge in [0.2, 0.25) is 0 Å². The molecule has 0 heterocycles. The van der Waals surface area contributed by atoms with E-state index in [0.717, 1.165) is 18.4 Å². The highest BCUT2D eigenvalue weighted by molar-refractivity contribution is 5.34. The first-order valence-electron chi connectivity index (χ1n) is 6.92. The van der Waals surface area contributed by atoms with Crippen LogP contribution in [0.15, 0.2) is 18.2 Å². The lowest BCUT2D eigenvalue weighted by Gasteiger charge is -2.20. The molecule has 1 saturated carbocycles. The second-order valence-electron chi connectivity index (χ2n) is 5.62. The van der Waals surface area contributed by atoms with Crippen molar-refractivity contribution in [2.24, 2.45) is 11.8 Å². The Labute approximate surface area is 106 Å². The Hall–Kier alpha value is -0.820. The molecule has 0 aliphatic heterocycles. The van der Waals surface area contributed by atoms with Crippen LogP contribution in [0.3, 0.4) is 0 Å². The standard InChI is InChI=1S/C16H25N/c1-5-17-16(15-9-13(15)4)10-14-11(2)7-6-8-12(14)3/h6-8,13,15-17H,5,9-10H2,1-4H3. The molecule has 1 heteroatoms. The van der Waals surface area contributed by atoms with E-state index in [1.165, 1.54) is 24.0 Å². The Kier molecular flexibility index (Phi) is 3.88. The smallest absolute Gasteiger partial charge is 0.0138 e. The molecule has 0 aromatic heterocycles. The highest BCUT2D eigenvalue weighted by atomic mass is 14.9. The summed E-state index contributed by atoms with van der Waals surface area (Å²) >= 11 is 0. The lowest BCUT2D eigenvalue weighted by atomic mass is 9.94. The van der Waals surface area contributed by atoms with Gasteiger partial charge in [-0.3, -0.25) is 0 Å². The first-order chi connectivity index (χ1) is 8.13. The SMILES string of the molecule is CCNC(Cc1c(C)cccc1C)C1CC1C. The zero-order chi connectivity index (χ0) is 12.4. The Balaban J connectivity index is 2.11. The number of hydrogen-bond donors (Lipinski definition) is 1. The molecule has 94 valence electrons. The van der Waals surface area contributed by atoms with Crippen LogP contribution in [0.5, 0.6) is 0 Å². The molecule has 1 N–H and O–H groups in total. The van der Waals surface area contributed by atoms with Gasteiger partial charge in [-0.25, -0.2) is 0 Å². The summed E-state index contributed by atoms with van der Waals surface area (Å²) in [6.07, 6.45) is 2.60. The molecule has 2 rings (SSSR count). The molecule has 1 nitrogen and oxygen atoms in total. The summed E-state index contributed by atoms with van der Waals surface area (Å²) in [6, 6.07) is 7.31. The summed E-state index contributed by atoms with van der Waals surface area (Å²) in [4.78, 5) is 0. The van der Waals surface area contributed by atoms with Crippen LogP contribution in [0.25, 0.3) is 0 Å². The molecular weight excluding hydrogens is 206 g/mol. The van der Waals surface area contributed by atoms with Crippen LogP contribution in [0, 0.1) is 25.7 Å². The van der Waals surface area contributed by atoms with Gasteiger partial charge in [0.25, 0.3) is 0 Å². The third-order valence-corrected chi connectivity index (χ3v) is 4.22. The molecule has 3 unspecified atom stereocenters. The first-order valence-corrected chi connectivity index (χ1v) is 6.92. The summed E-state index contributed by atoms with van der Waals surface area (Å²) < 4.78 is 0. The zero-order valence-electron chi connectivity index (χ0n) is 11.6. The Bertz CT molecular complexity index is 363. The highest BCUT2D eigenvalue weighted by Gasteiger charge is 2.39. The van der Waals surface area contributed by atoms with Gasteiger partial charge in [0.15, 0.2) is 0 Å². The molecule has 1 aliphatic carbocycles. The molecule has 1 aliphatic rings. The topological polar surface area (TPSA) is 12.0 Å². The van der Waals surface area contributed by atoms with Crippen LogP contribution in [-0.4, -0.2) is 12.6 Å². The summed E-state index contributed by atoms with van der Waals surface area (Å²) in [5.74, 6) is 1.82. The van der Waals surface area contributed by atoms with E-state index in [1.54, 1.807) is 5.56 Å². The van der Waals surface area contributed by atoms with Gasteiger partial charge in [0, 0.05) is 6.04 Å². The van der Waals surface area contributed by atoms with E-state index in [9.17, 15) is 0 Å². The molecule has 0 saturated heterocycles. The van der Waals surface area contributed by atoms with Crippen molar-refractivity contribution in [3.8, 4) is 0 Å². The molecule has 0 amide bonds. The van der Waals surface area contributed by atoms with Gasteiger partial charge < -0.3 is 5.32 Å². The summed E-state index contributed by atoms with van der Waals surface area (Å²) in [6.45, 7) is 10.1. The fourth-order valence-corrected chi connectivity index (χ4v) is 2.94. The van der Waals surface area contributed by atoms with E-state index >= 15 is 0 Å². The Morgan fingerprint density at radius 2 is 1.88 bits per heavy atom. The van der Waals surface area contributed by atoms with Crippen molar-refractivity contribution < 1.29 is 0 Å². The molecule has 3 atom stereocenters. The van der Waals surface area contributed by atoms with Crippen LogP contribution in [0.4, 0.5) is 0 Å². The second-order valence-corrected chi connectivity index (χ2v) is 5.62. The lowest BCUT2D eigenvalue weighted by Crippen LogP contribution is -2.34. The van der Waals surface area contributed by atoms with Gasteiger partial charge in [-0.1, -0.05) is 32.0 Å². The monoisotopic (exact) mass is 231 g/mol. The summed E-state index contributed by atoms with van der Waals surface area (Å²) in [5.41, 5.74) is 4.44. The van der Waals surface area contributed by atoms with Gasteiger partial charge in [-0.15, -0.1) is 0 Å². The molecule has 1 fully saturated rings. The number of nitrogens with one attached hydrogen (secondary N) is 1. The molecule has 1 aromatic carbocycles. The maximum absolute atomic E-state index is 3.68. The number of benzene rings is 1. The average molecular weight is 231 g/mol. The van der Waals surface area contributed by atoms with Crippen molar-refractivity contribution in [1.82, 2.24) is 5.32 Å². The zero-order valence-corrected chi connectivity index (χ0v) is 11.6. The molecule has 0 bridgehead atoms. The van der Waals surface area contributed by atoms with Crippen molar-refractivity contribution in [3.63, 3.8) is 0 Å². The van der Waals surface area contributed by atoms with E-state index < -0.39 is 0 Å². The molecule has 0 spiro atoms. The molecule has 0 radical (unpaired) electrons. The highest BCUT2D eigenvalue weighted by Crippen LogP contribution is 2.41. The third kappa shape index (κ3) is 2.90. The fraction of sp³-hybridized carbons (Fsp3) is 0.625. The van der Waals surface area contributed by atoms with Crippen LogP contribution in [0.2, 0.25) is 0 Å². The molecule has 1 aromatic rings. The van der Waals surface area contributed by atoms with Crippen molar-refractivity contribution in [3.05, 3.63) is 34.9 Å². The first kappa shape index (κ1) is 12.6. The molecule has 17 heavy (non-hydrogen) atoms. The minimum Gasteiger partial charge on any atom is -0.314 e. The van der Waals surface area contributed by atoms with E-state index in [2.05, 4.69) is 51.2 Å². The maximum Gasteiger partial charge on any atom is 0.0138 e. The van der Waals surface area contributed by atoms with Crippen molar-refractivity contribution >= 4 is 0 Å². The minimum absolute atomic E-state index is 0.676. The van der Waals surface area contributed by atoms with Gasteiger partial charge >= 0.3 is 0 Å². The Morgan fingerprint density at radius 3 is 2.35 bits per heavy atom. The predicted molar refractivity (Wildman–Crippen MR) is 74.4 cm³/mol. The largest absolute Gasteiger partial charge is 0.314 e. The van der Waals surface area contributed by atoms with Crippen molar-refractivity contribution in [2.45, 2.75) is 46.6 Å². The normalized spacial score (nSPS) is 24.7. The second kappa shape index (κ2) is 5.22. The van der Waals surface area contributed by atoms with Gasteiger partial charge in [0.1, 0.15) is 0 Å². The van der Waals surface area contributed by atoms with Gasteiger partial charge in [-0.05, 0) is 61.8 Å². The quantitative estimate of drug-likeness (QED) is 0.818. The number of likely N-dealkylation sites (N-methyl/N-ethyl adjacent to an activating group) is 1. The fourth-order valence-electron chi connectivity index (χ4n) is 2.94. The molecular formula is C16H25N. The average Bonchev–Trinajstić information content (AvgIpc) is 2.99. The van der Waals surface area contributed by atoms with Crippen molar-refractivity contribution in [2.75, 3.05) is 6.54 Å². The van der Waals surface area contributed by atoms with E-state index in [4.69, 9.17) is 0 Å². The van der Waals surface area contributed by atoms with Crippen LogP contribution < -0.4 is 5.32 Å².